The molecule has 1 atom stereocenters. The van der Waals surface area contributed by atoms with Crippen molar-refractivity contribution in [2.45, 2.75) is 45.4 Å². The summed E-state index contributed by atoms with van der Waals surface area (Å²) >= 11 is 0. The summed E-state index contributed by atoms with van der Waals surface area (Å²) in [5, 5.41) is 8.83. The fourth-order valence-corrected chi connectivity index (χ4v) is 3.50. The Labute approximate surface area is 159 Å². The van der Waals surface area contributed by atoms with E-state index < -0.39 is 5.97 Å². The van der Waals surface area contributed by atoms with Crippen LogP contribution in [0.15, 0.2) is 34.9 Å². The van der Waals surface area contributed by atoms with Crippen LogP contribution in [0.25, 0.3) is 11.3 Å². The quantitative estimate of drug-likeness (QED) is 0.804. The zero-order valence-electron chi connectivity index (χ0n) is 15.7. The van der Waals surface area contributed by atoms with E-state index in [4.69, 9.17) is 9.52 Å². The van der Waals surface area contributed by atoms with E-state index in [2.05, 4.69) is 4.98 Å². The molecule has 1 aromatic heterocycles. The highest BCUT2D eigenvalue weighted by Crippen LogP contribution is 2.23. The summed E-state index contributed by atoms with van der Waals surface area (Å²) in [6.07, 6.45) is 5.28. The van der Waals surface area contributed by atoms with Gasteiger partial charge in [0.25, 0.3) is 0 Å². The number of aryl methyl sites for hydroxylation is 2. The van der Waals surface area contributed by atoms with Crippen LogP contribution in [-0.4, -0.2) is 40.0 Å². The van der Waals surface area contributed by atoms with Gasteiger partial charge in [-0.25, -0.2) is 4.98 Å². The summed E-state index contributed by atoms with van der Waals surface area (Å²) in [6.45, 7) is 3.45. The molecule has 0 radical (unpaired) electrons. The van der Waals surface area contributed by atoms with Gasteiger partial charge in [-0.3, -0.25) is 9.59 Å². The van der Waals surface area contributed by atoms with Gasteiger partial charge in [0.05, 0.1) is 6.20 Å². The molecule has 1 amide bonds. The molecule has 1 N–H and O–H groups in total. The van der Waals surface area contributed by atoms with E-state index in [1.807, 2.05) is 36.1 Å². The van der Waals surface area contributed by atoms with Crippen LogP contribution < -0.4 is 0 Å². The molecular weight excluding hydrogens is 344 g/mol. The fourth-order valence-electron chi connectivity index (χ4n) is 3.50. The number of benzene rings is 1. The van der Waals surface area contributed by atoms with Crippen molar-refractivity contribution in [1.82, 2.24) is 9.88 Å². The summed E-state index contributed by atoms with van der Waals surface area (Å²) < 4.78 is 5.79. The van der Waals surface area contributed by atoms with Crippen molar-refractivity contribution in [1.29, 1.82) is 0 Å². The Kier molecular flexibility index (Phi) is 6.27. The number of carboxylic acid groups (broad SMARTS) is 1. The van der Waals surface area contributed by atoms with Crippen molar-refractivity contribution >= 4 is 11.9 Å². The SMILES string of the molecule is Cc1ccc(-c2cnc(CCC(=O)N3CCCC(CCC(=O)O)C3)o2)cc1. The summed E-state index contributed by atoms with van der Waals surface area (Å²) in [4.78, 5) is 29.4. The van der Waals surface area contributed by atoms with Crippen LogP contribution in [0.1, 0.15) is 43.6 Å². The van der Waals surface area contributed by atoms with Gasteiger partial charge in [-0.15, -0.1) is 0 Å². The number of carbonyl (C=O) groups is 2. The Hall–Kier alpha value is -2.63. The number of oxazole rings is 1. The van der Waals surface area contributed by atoms with Crippen molar-refractivity contribution in [2.24, 2.45) is 5.92 Å². The minimum Gasteiger partial charge on any atom is -0.481 e. The summed E-state index contributed by atoms with van der Waals surface area (Å²) in [6, 6.07) is 8.04. The van der Waals surface area contributed by atoms with Gasteiger partial charge in [-0.2, -0.15) is 0 Å². The van der Waals surface area contributed by atoms with E-state index in [-0.39, 0.29) is 18.2 Å². The van der Waals surface area contributed by atoms with Gasteiger partial charge < -0.3 is 14.4 Å². The third-order valence-corrected chi connectivity index (χ3v) is 5.08. The van der Waals surface area contributed by atoms with Crippen molar-refractivity contribution < 1.29 is 19.1 Å². The predicted octanol–water partition coefficient (Wildman–Crippen LogP) is 3.69. The number of carbonyl (C=O) groups excluding carboxylic acids is 1. The highest BCUT2D eigenvalue weighted by Gasteiger charge is 2.24. The Bertz CT molecular complexity index is 782. The van der Waals surface area contributed by atoms with E-state index >= 15 is 0 Å². The summed E-state index contributed by atoms with van der Waals surface area (Å²) in [5.74, 6) is 0.882. The minimum atomic E-state index is -0.772. The smallest absolute Gasteiger partial charge is 0.303 e. The number of aliphatic carboxylic acids is 1. The van der Waals surface area contributed by atoms with Gasteiger partial charge >= 0.3 is 5.97 Å². The Balaban J connectivity index is 1.50. The lowest BCUT2D eigenvalue weighted by atomic mass is 9.93. The highest BCUT2D eigenvalue weighted by atomic mass is 16.4. The molecule has 0 spiro atoms. The van der Waals surface area contributed by atoms with E-state index in [9.17, 15) is 9.59 Å². The maximum Gasteiger partial charge on any atom is 0.303 e. The van der Waals surface area contributed by atoms with Gasteiger partial charge in [0.2, 0.25) is 5.91 Å². The minimum absolute atomic E-state index is 0.0881. The number of rotatable bonds is 7. The van der Waals surface area contributed by atoms with Crippen molar-refractivity contribution in [3.63, 3.8) is 0 Å². The van der Waals surface area contributed by atoms with Crippen LogP contribution in [0, 0.1) is 12.8 Å². The topological polar surface area (TPSA) is 83.6 Å². The largest absolute Gasteiger partial charge is 0.481 e. The lowest BCUT2D eigenvalue weighted by molar-refractivity contribution is -0.137. The molecule has 1 aromatic carbocycles. The maximum absolute atomic E-state index is 12.5. The average Bonchev–Trinajstić information content (AvgIpc) is 3.14. The molecular formula is C21H26N2O4. The molecule has 2 aromatic rings. The summed E-state index contributed by atoms with van der Waals surface area (Å²) in [7, 11) is 0. The second-order valence-electron chi connectivity index (χ2n) is 7.26. The van der Waals surface area contributed by atoms with E-state index in [0.29, 0.717) is 37.5 Å². The van der Waals surface area contributed by atoms with Crippen LogP contribution in [0.5, 0.6) is 0 Å². The Morgan fingerprint density at radius 1 is 1.26 bits per heavy atom. The lowest BCUT2D eigenvalue weighted by Gasteiger charge is -2.32. The number of nitrogens with zero attached hydrogens (tertiary/aromatic N) is 2. The van der Waals surface area contributed by atoms with Gasteiger partial charge in [-0.05, 0) is 32.1 Å². The first kappa shape index (κ1) is 19.1. The van der Waals surface area contributed by atoms with E-state index in [0.717, 1.165) is 24.9 Å². The number of likely N-dealkylation sites (tertiary alicyclic amines) is 1. The molecule has 1 aliphatic rings. The number of hydrogen-bond acceptors (Lipinski definition) is 4. The fraction of sp³-hybridized carbons (Fsp3) is 0.476. The van der Waals surface area contributed by atoms with Crippen molar-refractivity contribution in [3.8, 4) is 11.3 Å². The van der Waals surface area contributed by atoms with E-state index in [1.54, 1.807) is 6.20 Å². The van der Waals surface area contributed by atoms with Crippen LogP contribution >= 0.6 is 0 Å². The molecule has 1 aliphatic heterocycles. The standard InChI is InChI=1S/C21H26N2O4/c1-15-4-7-17(8-5-15)18-13-22-19(27-18)9-10-20(24)23-12-2-3-16(14-23)6-11-21(25)26/h4-5,7-8,13,16H,2-3,6,9-12,14H2,1H3,(H,25,26). The zero-order valence-corrected chi connectivity index (χ0v) is 15.7. The van der Waals surface area contributed by atoms with Crippen molar-refractivity contribution in [2.75, 3.05) is 13.1 Å². The van der Waals surface area contributed by atoms with Crippen molar-refractivity contribution in [3.05, 3.63) is 41.9 Å². The number of carboxylic acids is 1. The first-order valence-corrected chi connectivity index (χ1v) is 9.52. The molecule has 1 unspecified atom stereocenters. The number of aromatic nitrogens is 1. The molecule has 6 heteroatoms. The molecule has 2 heterocycles. The van der Waals surface area contributed by atoms with Gasteiger partial charge in [0.15, 0.2) is 11.7 Å². The third-order valence-electron chi connectivity index (χ3n) is 5.08. The molecule has 27 heavy (non-hydrogen) atoms. The lowest BCUT2D eigenvalue weighted by Crippen LogP contribution is -2.40. The Morgan fingerprint density at radius 3 is 2.78 bits per heavy atom. The van der Waals surface area contributed by atoms with E-state index in [1.165, 1.54) is 5.56 Å². The van der Waals surface area contributed by atoms with Crippen LogP contribution in [0.4, 0.5) is 0 Å². The second-order valence-corrected chi connectivity index (χ2v) is 7.26. The van der Waals surface area contributed by atoms with Crippen LogP contribution in [0.2, 0.25) is 0 Å². The first-order valence-electron chi connectivity index (χ1n) is 9.52. The number of amides is 1. The predicted molar refractivity (Wildman–Crippen MR) is 101 cm³/mol. The van der Waals surface area contributed by atoms with Crippen LogP contribution in [0.3, 0.4) is 0 Å². The molecule has 0 aliphatic carbocycles. The number of piperidine rings is 1. The van der Waals surface area contributed by atoms with Gasteiger partial charge in [0.1, 0.15) is 0 Å². The molecule has 1 saturated heterocycles. The molecule has 6 nitrogen and oxygen atoms in total. The van der Waals surface area contributed by atoms with Gasteiger partial charge in [0, 0.05) is 37.9 Å². The second kappa shape index (κ2) is 8.84. The molecule has 3 rings (SSSR count). The molecule has 1 fully saturated rings. The molecule has 0 saturated carbocycles. The zero-order chi connectivity index (χ0) is 19.2. The Morgan fingerprint density at radius 2 is 2.04 bits per heavy atom. The summed E-state index contributed by atoms with van der Waals surface area (Å²) in [5.41, 5.74) is 2.16. The average molecular weight is 370 g/mol. The monoisotopic (exact) mass is 370 g/mol. The first-order chi connectivity index (χ1) is 13.0. The maximum atomic E-state index is 12.5. The number of hydrogen-bond donors (Lipinski definition) is 1. The highest BCUT2D eigenvalue weighted by molar-refractivity contribution is 5.76. The molecule has 0 bridgehead atoms. The third kappa shape index (κ3) is 5.42. The normalized spacial score (nSPS) is 17.1. The van der Waals surface area contributed by atoms with Gasteiger partial charge in [-0.1, -0.05) is 29.8 Å². The molecule has 144 valence electrons. The van der Waals surface area contributed by atoms with Crippen LogP contribution in [-0.2, 0) is 16.0 Å².